The third-order valence-electron chi connectivity index (χ3n) is 5.02. The van der Waals surface area contributed by atoms with Crippen molar-refractivity contribution in [2.75, 3.05) is 19.7 Å². The van der Waals surface area contributed by atoms with Gasteiger partial charge in [0.2, 0.25) is 0 Å². The predicted octanol–water partition coefficient (Wildman–Crippen LogP) is 0.364. The van der Waals surface area contributed by atoms with Crippen LogP contribution in [0.25, 0.3) is 0 Å². The van der Waals surface area contributed by atoms with E-state index in [1.807, 2.05) is 11.0 Å². The molecule has 3 atom stereocenters. The van der Waals surface area contributed by atoms with Gasteiger partial charge >= 0.3 is 0 Å². The van der Waals surface area contributed by atoms with E-state index < -0.39 is 0 Å². The molecule has 0 saturated carbocycles. The molecule has 1 fully saturated rings. The highest BCUT2D eigenvalue weighted by atomic mass is 16.3. The molecule has 4 rings (SSSR count). The van der Waals surface area contributed by atoms with Gasteiger partial charge in [0, 0.05) is 42.9 Å². The van der Waals surface area contributed by atoms with Crippen LogP contribution in [0.1, 0.15) is 34.4 Å². The van der Waals surface area contributed by atoms with Crippen LogP contribution in [0, 0.1) is 5.92 Å². The van der Waals surface area contributed by atoms with Crippen molar-refractivity contribution in [2.24, 2.45) is 5.92 Å². The number of nitrogens with one attached hydrogen (secondary N) is 1. The molecule has 2 aromatic rings. The zero-order valence-corrected chi connectivity index (χ0v) is 12.6. The summed E-state index contributed by atoms with van der Waals surface area (Å²) in [5, 5.41) is 16.3. The number of hydrogen-bond acceptors (Lipinski definition) is 4. The number of aliphatic hydroxyl groups is 1. The van der Waals surface area contributed by atoms with Crippen molar-refractivity contribution < 1.29 is 9.90 Å². The number of nitrogens with zero attached hydrogens (tertiary/aromatic N) is 3. The van der Waals surface area contributed by atoms with E-state index in [0.29, 0.717) is 18.7 Å². The number of likely N-dealkylation sites (tertiary alicyclic amines) is 1. The van der Waals surface area contributed by atoms with Crippen molar-refractivity contribution in [3.8, 4) is 0 Å². The second-order valence-electron chi connectivity index (χ2n) is 6.30. The highest BCUT2D eigenvalue weighted by Gasteiger charge is 2.41. The highest BCUT2D eigenvalue weighted by Crippen LogP contribution is 2.41. The maximum Gasteiger partial charge on any atom is 0.257 e. The van der Waals surface area contributed by atoms with Crippen molar-refractivity contribution in [2.45, 2.75) is 18.4 Å². The summed E-state index contributed by atoms with van der Waals surface area (Å²) in [5.74, 6) is 0.153. The number of hydrogen-bond donors (Lipinski definition) is 2. The van der Waals surface area contributed by atoms with Gasteiger partial charge in [-0.05, 0) is 12.5 Å². The molecular formula is C16H18N4O3. The van der Waals surface area contributed by atoms with Gasteiger partial charge in [0.25, 0.3) is 11.5 Å². The molecule has 7 nitrogen and oxygen atoms in total. The van der Waals surface area contributed by atoms with E-state index in [9.17, 15) is 14.7 Å². The molecule has 2 N–H and O–H groups in total. The van der Waals surface area contributed by atoms with Gasteiger partial charge in [0.1, 0.15) is 0 Å². The first-order valence-corrected chi connectivity index (χ1v) is 7.79. The fourth-order valence-corrected chi connectivity index (χ4v) is 3.99. The summed E-state index contributed by atoms with van der Waals surface area (Å²) >= 11 is 0. The zero-order chi connectivity index (χ0) is 16.0. The molecule has 2 aromatic heterocycles. The predicted molar refractivity (Wildman–Crippen MR) is 82.2 cm³/mol. The lowest BCUT2D eigenvalue weighted by Gasteiger charge is -2.46. The number of rotatable bonds is 2. The largest absolute Gasteiger partial charge is 0.394 e. The van der Waals surface area contributed by atoms with Gasteiger partial charge in [-0.2, -0.15) is 5.10 Å². The molecule has 4 heterocycles. The number of piperidine rings is 1. The molecule has 2 aliphatic heterocycles. The van der Waals surface area contributed by atoms with E-state index in [4.69, 9.17) is 0 Å². The van der Waals surface area contributed by atoms with E-state index in [-0.39, 0.29) is 36.0 Å². The van der Waals surface area contributed by atoms with E-state index in [1.165, 1.54) is 12.3 Å². The average molecular weight is 314 g/mol. The molecule has 2 aliphatic rings. The van der Waals surface area contributed by atoms with E-state index in [2.05, 4.69) is 10.2 Å². The first-order valence-electron chi connectivity index (χ1n) is 7.79. The molecule has 7 heteroatoms. The Balaban J connectivity index is 1.71. The van der Waals surface area contributed by atoms with Crippen LogP contribution in [0.3, 0.4) is 0 Å². The Morgan fingerprint density at radius 3 is 3.00 bits per heavy atom. The van der Waals surface area contributed by atoms with Gasteiger partial charge in [-0.25, -0.2) is 0 Å². The van der Waals surface area contributed by atoms with Crippen LogP contribution in [0.4, 0.5) is 0 Å². The molecule has 0 aliphatic carbocycles. The van der Waals surface area contributed by atoms with Crippen LogP contribution in [0.15, 0.2) is 35.4 Å². The molecule has 120 valence electrons. The summed E-state index contributed by atoms with van der Waals surface area (Å²) in [7, 11) is 0. The SMILES string of the molecule is O=C(c1cn[nH]c1)N1C[C@H]2C[C@@H](C1)[C@H](CO)n1c2cccc1=O. The number of H-pyrrole nitrogens is 1. The second-order valence-corrected chi connectivity index (χ2v) is 6.30. The van der Waals surface area contributed by atoms with Crippen molar-refractivity contribution in [1.29, 1.82) is 0 Å². The maximum absolute atomic E-state index is 12.6. The number of aliphatic hydroxyl groups excluding tert-OH is 1. The Morgan fingerprint density at radius 2 is 2.26 bits per heavy atom. The molecule has 23 heavy (non-hydrogen) atoms. The van der Waals surface area contributed by atoms with Crippen LogP contribution >= 0.6 is 0 Å². The number of pyridine rings is 1. The van der Waals surface area contributed by atoms with Crippen LogP contribution in [-0.2, 0) is 0 Å². The first kappa shape index (κ1) is 14.2. The number of carbonyl (C=O) groups excluding carboxylic acids is 1. The van der Waals surface area contributed by atoms with Gasteiger partial charge in [0.05, 0.1) is 24.4 Å². The Kier molecular flexibility index (Phi) is 3.30. The summed E-state index contributed by atoms with van der Waals surface area (Å²) in [5.41, 5.74) is 1.37. The molecule has 0 radical (unpaired) electrons. The van der Waals surface area contributed by atoms with Crippen molar-refractivity contribution >= 4 is 5.91 Å². The third-order valence-corrected chi connectivity index (χ3v) is 5.02. The van der Waals surface area contributed by atoms with Crippen LogP contribution in [-0.4, -0.2) is 50.4 Å². The average Bonchev–Trinajstić information content (AvgIpc) is 3.10. The fourth-order valence-electron chi connectivity index (χ4n) is 3.99. The number of carbonyl (C=O) groups is 1. The quantitative estimate of drug-likeness (QED) is 0.837. The lowest BCUT2D eigenvalue weighted by molar-refractivity contribution is 0.0437. The number of aromatic nitrogens is 3. The first-order chi connectivity index (χ1) is 11.2. The summed E-state index contributed by atoms with van der Waals surface area (Å²) in [6.07, 6.45) is 4.01. The van der Waals surface area contributed by atoms with E-state index in [0.717, 1.165) is 12.1 Å². The number of aromatic amines is 1. The molecule has 1 amide bonds. The summed E-state index contributed by atoms with van der Waals surface area (Å²) < 4.78 is 1.72. The normalized spacial score (nSPS) is 26.0. The van der Waals surface area contributed by atoms with E-state index in [1.54, 1.807) is 16.8 Å². The molecule has 0 aromatic carbocycles. The van der Waals surface area contributed by atoms with Gasteiger partial charge in [-0.3, -0.25) is 14.7 Å². The fraction of sp³-hybridized carbons (Fsp3) is 0.438. The Bertz CT molecular complexity index is 783. The second kappa shape index (κ2) is 5.34. The van der Waals surface area contributed by atoms with Crippen LogP contribution in [0.5, 0.6) is 0 Å². The van der Waals surface area contributed by atoms with Gasteiger partial charge in [0.15, 0.2) is 0 Å². The summed E-state index contributed by atoms with van der Waals surface area (Å²) in [4.78, 5) is 26.6. The Labute approximate surface area is 132 Å². The Hall–Kier alpha value is -2.41. The minimum absolute atomic E-state index is 0.0585. The number of amides is 1. The number of fused-ring (bicyclic) bond motifs is 4. The topological polar surface area (TPSA) is 91.2 Å². The van der Waals surface area contributed by atoms with Crippen molar-refractivity contribution in [3.05, 3.63) is 52.2 Å². The third kappa shape index (κ3) is 2.19. The smallest absolute Gasteiger partial charge is 0.257 e. The van der Waals surface area contributed by atoms with E-state index >= 15 is 0 Å². The molecular weight excluding hydrogens is 296 g/mol. The summed E-state index contributed by atoms with van der Waals surface area (Å²) in [6, 6.07) is 4.94. The standard InChI is InChI=1S/C16H18N4O3/c21-9-14-11-4-10(13-2-1-3-15(22)20(13)14)7-19(8-11)16(23)12-5-17-18-6-12/h1-3,5-6,10-11,14,21H,4,7-9H2,(H,17,18)/t10-,11+,14+/m1/s1. The monoisotopic (exact) mass is 314 g/mol. The maximum atomic E-state index is 12.6. The summed E-state index contributed by atoms with van der Waals surface area (Å²) in [6.45, 7) is 1.04. The Morgan fingerprint density at radius 1 is 1.39 bits per heavy atom. The highest BCUT2D eigenvalue weighted by molar-refractivity contribution is 5.93. The van der Waals surface area contributed by atoms with Crippen molar-refractivity contribution in [3.63, 3.8) is 0 Å². The van der Waals surface area contributed by atoms with Gasteiger partial charge < -0.3 is 14.6 Å². The van der Waals surface area contributed by atoms with Crippen LogP contribution in [0.2, 0.25) is 0 Å². The molecule has 0 unspecified atom stereocenters. The minimum Gasteiger partial charge on any atom is -0.394 e. The van der Waals surface area contributed by atoms with Gasteiger partial charge in [-0.1, -0.05) is 6.07 Å². The zero-order valence-electron chi connectivity index (χ0n) is 12.6. The van der Waals surface area contributed by atoms with Crippen molar-refractivity contribution in [1.82, 2.24) is 19.7 Å². The molecule has 2 bridgehead atoms. The molecule has 0 spiro atoms. The lowest BCUT2D eigenvalue weighted by atomic mass is 9.78. The van der Waals surface area contributed by atoms with Gasteiger partial charge in [-0.15, -0.1) is 0 Å². The lowest BCUT2D eigenvalue weighted by Crippen LogP contribution is -2.51. The van der Waals surface area contributed by atoms with Crippen LogP contribution < -0.4 is 5.56 Å². The molecule has 1 saturated heterocycles. The minimum atomic E-state index is -0.269.